The number of benzene rings is 1. The predicted molar refractivity (Wildman–Crippen MR) is 78.3 cm³/mol. The molecule has 0 aliphatic heterocycles. The quantitative estimate of drug-likeness (QED) is 0.896. The van der Waals surface area contributed by atoms with E-state index < -0.39 is 5.82 Å². The molecule has 0 unspecified atom stereocenters. The van der Waals surface area contributed by atoms with Gasteiger partial charge in [0.15, 0.2) is 11.6 Å². The third-order valence-corrected chi connectivity index (χ3v) is 3.11. The third-order valence-electron chi connectivity index (χ3n) is 2.46. The number of hydrogen-bond donors (Lipinski definition) is 2. The van der Waals surface area contributed by atoms with Crippen LogP contribution in [-0.2, 0) is 0 Å². The van der Waals surface area contributed by atoms with E-state index in [0.717, 1.165) is 21.9 Å². The highest BCUT2D eigenvalue weighted by Crippen LogP contribution is 2.27. The average molecular weight is 325 g/mol. The lowest BCUT2D eigenvalue weighted by atomic mass is 10.2. The van der Waals surface area contributed by atoms with Crippen molar-refractivity contribution in [2.24, 2.45) is 0 Å². The fraction of sp³-hybridized carbons (Fsp3) is 0.231. The van der Waals surface area contributed by atoms with E-state index in [1.54, 1.807) is 0 Å². The maximum absolute atomic E-state index is 13.7. The minimum Gasteiger partial charge on any atom is -0.354 e. The monoisotopic (exact) mass is 324 g/mol. The van der Waals surface area contributed by atoms with Gasteiger partial charge in [-0.15, -0.1) is 0 Å². The van der Waals surface area contributed by atoms with Crippen molar-refractivity contribution in [2.45, 2.75) is 13.8 Å². The van der Waals surface area contributed by atoms with Crippen molar-refractivity contribution < 1.29 is 4.39 Å². The lowest BCUT2D eigenvalue weighted by Gasteiger charge is -2.10. The summed E-state index contributed by atoms with van der Waals surface area (Å²) in [6.45, 7) is 4.60. The minimum atomic E-state index is -0.492. The second-order valence-electron chi connectivity index (χ2n) is 4.03. The SMILES string of the molecule is CCNc1ncc(F)c(Nc2ccc(C)cc2Br)n1. The van der Waals surface area contributed by atoms with E-state index in [-0.39, 0.29) is 5.82 Å². The molecule has 2 rings (SSSR count). The molecule has 0 aliphatic rings. The molecule has 0 fully saturated rings. The van der Waals surface area contributed by atoms with Gasteiger partial charge in [0, 0.05) is 11.0 Å². The summed E-state index contributed by atoms with van der Waals surface area (Å²) in [5.74, 6) is 0.0549. The maximum Gasteiger partial charge on any atom is 0.224 e. The molecule has 1 aromatic heterocycles. The van der Waals surface area contributed by atoms with E-state index in [1.165, 1.54) is 0 Å². The molecule has 0 spiro atoms. The van der Waals surface area contributed by atoms with E-state index in [0.29, 0.717) is 12.5 Å². The third kappa shape index (κ3) is 3.41. The van der Waals surface area contributed by atoms with Crippen LogP contribution in [0.15, 0.2) is 28.9 Å². The molecule has 19 heavy (non-hydrogen) atoms. The van der Waals surface area contributed by atoms with Crippen molar-refractivity contribution in [2.75, 3.05) is 17.2 Å². The molecule has 0 saturated heterocycles. The Morgan fingerprint density at radius 3 is 2.84 bits per heavy atom. The molecule has 0 amide bonds. The molecular formula is C13H14BrFN4. The van der Waals surface area contributed by atoms with Gasteiger partial charge < -0.3 is 10.6 Å². The molecule has 6 heteroatoms. The van der Waals surface area contributed by atoms with Gasteiger partial charge in [0.1, 0.15) is 0 Å². The number of nitrogens with zero attached hydrogens (tertiary/aromatic N) is 2. The summed E-state index contributed by atoms with van der Waals surface area (Å²) in [6, 6.07) is 5.76. The van der Waals surface area contributed by atoms with Gasteiger partial charge in [0.25, 0.3) is 0 Å². The molecule has 2 aromatic rings. The summed E-state index contributed by atoms with van der Waals surface area (Å²) >= 11 is 3.43. The van der Waals surface area contributed by atoms with Crippen LogP contribution in [0.5, 0.6) is 0 Å². The fourth-order valence-electron chi connectivity index (χ4n) is 1.55. The molecule has 0 saturated carbocycles. The summed E-state index contributed by atoms with van der Waals surface area (Å²) in [5.41, 5.74) is 1.87. The van der Waals surface area contributed by atoms with E-state index in [1.807, 2.05) is 32.0 Å². The Kier molecular flexibility index (Phi) is 4.31. The predicted octanol–water partition coefficient (Wildman–Crippen LogP) is 3.86. The zero-order chi connectivity index (χ0) is 13.8. The Balaban J connectivity index is 2.29. The normalized spacial score (nSPS) is 10.3. The van der Waals surface area contributed by atoms with Gasteiger partial charge in [0.05, 0.1) is 11.9 Å². The van der Waals surface area contributed by atoms with Gasteiger partial charge in [-0.05, 0) is 47.5 Å². The van der Waals surface area contributed by atoms with Crippen LogP contribution in [-0.4, -0.2) is 16.5 Å². The second-order valence-corrected chi connectivity index (χ2v) is 4.88. The summed E-state index contributed by atoms with van der Waals surface area (Å²) in [7, 11) is 0. The molecular weight excluding hydrogens is 311 g/mol. The van der Waals surface area contributed by atoms with E-state index in [2.05, 4.69) is 36.5 Å². The molecule has 0 bridgehead atoms. The van der Waals surface area contributed by atoms with Crippen LogP contribution in [0.4, 0.5) is 21.8 Å². The summed E-state index contributed by atoms with van der Waals surface area (Å²) in [4.78, 5) is 7.95. The van der Waals surface area contributed by atoms with Gasteiger partial charge in [-0.2, -0.15) is 4.98 Å². The van der Waals surface area contributed by atoms with E-state index in [9.17, 15) is 4.39 Å². The van der Waals surface area contributed by atoms with Gasteiger partial charge in [-0.1, -0.05) is 6.07 Å². The Morgan fingerprint density at radius 1 is 1.37 bits per heavy atom. The van der Waals surface area contributed by atoms with Crippen LogP contribution < -0.4 is 10.6 Å². The lowest BCUT2D eigenvalue weighted by Crippen LogP contribution is -2.06. The van der Waals surface area contributed by atoms with Crippen molar-refractivity contribution in [3.05, 3.63) is 40.2 Å². The molecule has 0 atom stereocenters. The van der Waals surface area contributed by atoms with E-state index >= 15 is 0 Å². The van der Waals surface area contributed by atoms with Crippen molar-refractivity contribution in [1.82, 2.24) is 9.97 Å². The molecule has 2 N–H and O–H groups in total. The Bertz CT molecular complexity index is 589. The van der Waals surface area contributed by atoms with Crippen molar-refractivity contribution in [3.63, 3.8) is 0 Å². The van der Waals surface area contributed by atoms with Crippen LogP contribution in [0.3, 0.4) is 0 Å². The average Bonchev–Trinajstić information content (AvgIpc) is 2.37. The Labute approximate surface area is 119 Å². The van der Waals surface area contributed by atoms with Crippen LogP contribution in [0.1, 0.15) is 12.5 Å². The number of halogens is 2. The largest absolute Gasteiger partial charge is 0.354 e. The molecule has 0 radical (unpaired) electrons. The first kappa shape index (κ1) is 13.7. The van der Waals surface area contributed by atoms with Crippen LogP contribution in [0.2, 0.25) is 0 Å². The molecule has 1 aromatic carbocycles. The summed E-state index contributed by atoms with van der Waals surface area (Å²) in [5, 5.41) is 5.90. The highest BCUT2D eigenvalue weighted by molar-refractivity contribution is 9.10. The Morgan fingerprint density at radius 2 is 2.16 bits per heavy atom. The van der Waals surface area contributed by atoms with E-state index in [4.69, 9.17) is 0 Å². The number of hydrogen-bond acceptors (Lipinski definition) is 4. The molecule has 1 heterocycles. The van der Waals surface area contributed by atoms with Crippen LogP contribution in [0, 0.1) is 12.7 Å². The number of aryl methyl sites for hydroxylation is 1. The Hall–Kier alpha value is -1.69. The first-order chi connectivity index (χ1) is 9.10. The van der Waals surface area contributed by atoms with Gasteiger partial charge in [-0.25, -0.2) is 9.37 Å². The van der Waals surface area contributed by atoms with Crippen LogP contribution in [0.25, 0.3) is 0 Å². The minimum absolute atomic E-state index is 0.149. The standard InChI is InChI=1S/C13H14BrFN4/c1-3-16-13-17-7-10(15)12(19-13)18-11-5-4-8(2)6-9(11)14/h4-7H,3H2,1-2H3,(H2,16,17,18,19). The smallest absolute Gasteiger partial charge is 0.224 e. The number of nitrogens with one attached hydrogen (secondary N) is 2. The molecule has 4 nitrogen and oxygen atoms in total. The van der Waals surface area contributed by atoms with Crippen molar-refractivity contribution in [3.8, 4) is 0 Å². The maximum atomic E-state index is 13.7. The lowest BCUT2D eigenvalue weighted by molar-refractivity contribution is 0.619. The first-order valence-electron chi connectivity index (χ1n) is 5.89. The number of anilines is 3. The topological polar surface area (TPSA) is 49.8 Å². The fourth-order valence-corrected chi connectivity index (χ4v) is 2.14. The number of rotatable bonds is 4. The zero-order valence-corrected chi connectivity index (χ0v) is 12.3. The molecule has 0 aliphatic carbocycles. The highest BCUT2D eigenvalue weighted by atomic mass is 79.9. The molecule has 100 valence electrons. The van der Waals surface area contributed by atoms with Gasteiger partial charge in [0.2, 0.25) is 5.95 Å². The summed E-state index contributed by atoms with van der Waals surface area (Å²) < 4.78 is 14.5. The van der Waals surface area contributed by atoms with Crippen LogP contribution >= 0.6 is 15.9 Å². The van der Waals surface area contributed by atoms with Gasteiger partial charge >= 0.3 is 0 Å². The number of aromatic nitrogens is 2. The summed E-state index contributed by atoms with van der Waals surface area (Å²) in [6.07, 6.45) is 1.15. The van der Waals surface area contributed by atoms with Crippen molar-refractivity contribution >= 4 is 33.4 Å². The second kappa shape index (κ2) is 5.97. The first-order valence-corrected chi connectivity index (χ1v) is 6.69. The zero-order valence-electron chi connectivity index (χ0n) is 10.7. The van der Waals surface area contributed by atoms with Crippen molar-refractivity contribution in [1.29, 1.82) is 0 Å². The van der Waals surface area contributed by atoms with Gasteiger partial charge in [-0.3, -0.25) is 0 Å². The highest BCUT2D eigenvalue weighted by Gasteiger charge is 2.08.